The van der Waals surface area contributed by atoms with E-state index in [4.69, 9.17) is 20.7 Å². The van der Waals surface area contributed by atoms with Gasteiger partial charge in [0.15, 0.2) is 5.78 Å². The van der Waals surface area contributed by atoms with Crippen molar-refractivity contribution >= 4 is 29.5 Å². The van der Waals surface area contributed by atoms with Crippen LogP contribution in [0, 0.1) is 13.8 Å². The van der Waals surface area contributed by atoms with Crippen molar-refractivity contribution in [3.8, 4) is 16.9 Å². The Morgan fingerprint density at radius 1 is 0.821 bits per heavy atom. The predicted molar refractivity (Wildman–Crippen MR) is 154 cm³/mol. The van der Waals surface area contributed by atoms with Crippen molar-refractivity contribution in [1.82, 2.24) is 4.90 Å². The van der Waals surface area contributed by atoms with Crippen molar-refractivity contribution in [3.05, 3.63) is 101 Å². The van der Waals surface area contributed by atoms with Gasteiger partial charge in [-0.25, -0.2) is 9.59 Å². The van der Waals surface area contributed by atoms with E-state index in [1.54, 1.807) is 30.3 Å². The number of ketones is 1. The summed E-state index contributed by atoms with van der Waals surface area (Å²) in [6.45, 7) is 5.58. The first-order valence-corrected chi connectivity index (χ1v) is 12.2. The molecule has 0 unspecified atom stereocenters. The second-order valence-electron chi connectivity index (χ2n) is 9.11. The van der Waals surface area contributed by atoms with Crippen molar-refractivity contribution in [3.63, 3.8) is 0 Å². The smallest absolute Gasteiger partial charge is 0.328 e. The van der Waals surface area contributed by atoms with E-state index in [1.807, 2.05) is 26.2 Å². The van der Waals surface area contributed by atoms with Gasteiger partial charge in [-0.3, -0.25) is 4.79 Å². The molecular formula is C31H34N2O6. The van der Waals surface area contributed by atoms with E-state index in [0.717, 1.165) is 29.0 Å². The van der Waals surface area contributed by atoms with E-state index in [1.165, 1.54) is 11.1 Å². The Morgan fingerprint density at radius 2 is 1.41 bits per heavy atom. The van der Waals surface area contributed by atoms with Gasteiger partial charge in [-0.1, -0.05) is 35.4 Å². The molecule has 0 aromatic heterocycles. The summed E-state index contributed by atoms with van der Waals surface area (Å²) in [5.41, 5.74) is 12.5. The second kappa shape index (κ2) is 14.9. The molecule has 0 bridgehead atoms. The molecule has 0 aliphatic carbocycles. The summed E-state index contributed by atoms with van der Waals surface area (Å²) in [5.74, 6) is -1.83. The van der Waals surface area contributed by atoms with Crippen LogP contribution in [0.25, 0.3) is 17.2 Å². The van der Waals surface area contributed by atoms with Gasteiger partial charge in [-0.2, -0.15) is 0 Å². The number of hydrogen-bond donors (Lipinski definition) is 3. The van der Waals surface area contributed by atoms with Crippen molar-refractivity contribution < 1.29 is 29.3 Å². The number of carbonyl (C=O) groups is 3. The van der Waals surface area contributed by atoms with Crippen LogP contribution in [-0.2, 0) is 9.59 Å². The zero-order chi connectivity index (χ0) is 28.9. The second-order valence-corrected chi connectivity index (χ2v) is 9.11. The zero-order valence-electron chi connectivity index (χ0n) is 22.5. The van der Waals surface area contributed by atoms with Gasteiger partial charge < -0.3 is 25.6 Å². The van der Waals surface area contributed by atoms with E-state index in [-0.39, 0.29) is 5.78 Å². The molecule has 8 nitrogen and oxygen atoms in total. The maximum absolute atomic E-state index is 12.6. The SMILES string of the molecule is Cc1cc(C)cc(-c2ccc(OCCN(C)C)c(/C=C/C(=O)c3ccc(N)cc3)c2)c1.O=C(O)/C=C/C(=O)O. The van der Waals surface area contributed by atoms with Crippen LogP contribution in [0.5, 0.6) is 5.75 Å². The molecule has 8 heteroatoms. The van der Waals surface area contributed by atoms with E-state index < -0.39 is 11.9 Å². The van der Waals surface area contributed by atoms with Crippen molar-refractivity contribution in [2.75, 3.05) is 33.0 Å². The third kappa shape index (κ3) is 11.1. The normalized spacial score (nSPS) is 10.9. The van der Waals surface area contributed by atoms with Crippen LogP contribution in [0.4, 0.5) is 5.69 Å². The fourth-order valence-electron chi connectivity index (χ4n) is 3.52. The zero-order valence-corrected chi connectivity index (χ0v) is 22.5. The van der Waals surface area contributed by atoms with Crippen LogP contribution >= 0.6 is 0 Å². The van der Waals surface area contributed by atoms with Crippen molar-refractivity contribution in [1.29, 1.82) is 0 Å². The Labute approximate surface area is 228 Å². The molecule has 0 saturated heterocycles. The van der Waals surface area contributed by atoms with Gasteiger partial charge in [0.25, 0.3) is 0 Å². The van der Waals surface area contributed by atoms with Gasteiger partial charge in [-0.15, -0.1) is 0 Å². The quantitative estimate of drug-likeness (QED) is 0.187. The number of benzene rings is 3. The molecule has 0 fully saturated rings. The van der Waals surface area contributed by atoms with E-state index in [2.05, 4.69) is 49.1 Å². The van der Waals surface area contributed by atoms with Crippen molar-refractivity contribution in [2.24, 2.45) is 0 Å². The van der Waals surface area contributed by atoms with Gasteiger partial charge in [0.2, 0.25) is 0 Å². The van der Waals surface area contributed by atoms with Gasteiger partial charge >= 0.3 is 11.9 Å². The molecule has 0 heterocycles. The van der Waals surface area contributed by atoms with Gasteiger partial charge in [0.1, 0.15) is 12.4 Å². The molecule has 204 valence electrons. The van der Waals surface area contributed by atoms with Crippen molar-refractivity contribution in [2.45, 2.75) is 13.8 Å². The Balaban J connectivity index is 0.000000580. The van der Waals surface area contributed by atoms with Crippen LogP contribution in [0.2, 0.25) is 0 Å². The molecule has 3 aromatic rings. The van der Waals surface area contributed by atoms with Crippen LogP contribution < -0.4 is 10.5 Å². The highest BCUT2D eigenvalue weighted by atomic mass is 16.5. The molecule has 0 atom stereocenters. The van der Waals surface area contributed by atoms with Gasteiger partial charge in [0, 0.05) is 35.5 Å². The molecule has 0 saturated carbocycles. The fourth-order valence-corrected chi connectivity index (χ4v) is 3.52. The molecule has 0 amide bonds. The third-order valence-electron chi connectivity index (χ3n) is 5.34. The number of nitrogens with zero attached hydrogens (tertiary/aromatic N) is 1. The van der Waals surface area contributed by atoms with Gasteiger partial charge in [-0.05, 0) is 87.6 Å². The topological polar surface area (TPSA) is 130 Å². The Bertz CT molecular complexity index is 1320. The highest BCUT2D eigenvalue weighted by Gasteiger charge is 2.08. The van der Waals surface area contributed by atoms with Crippen LogP contribution in [-0.4, -0.2) is 60.1 Å². The molecule has 4 N–H and O–H groups in total. The predicted octanol–water partition coefficient (Wildman–Crippen LogP) is 5.10. The minimum absolute atomic E-state index is 0.0731. The maximum atomic E-state index is 12.6. The summed E-state index contributed by atoms with van der Waals surface area (Å²) in [4.78, 5) is 33.8. The number of carboxylic acid groups (broad SMARTS) is 2. The minimum atomic E-state index is -1.26. The number of carboxylic acids is 2. The standard InChI is InChI=1S/C27H30N2O2.C4H4O4/c1-19-15-20(2)17-24(16-19)22-8-12-27(31-14-13-29(3)4)23(18-22)7-11-26(30)21-5-9-25(28)10-6-21;5-3(6)1-2-4(7)8/h5-12,15-18H,13-14,28H2,1-4H3;1-2H,(H,5,6)(H,7,8)/b11-7+;2-1+. The number of rotatable bonds is 10. The first-order valence-electron chi connectivity index (χ1n) is 12.2. The molecule has 3 aromatic carbocycles. The summed E-state index contributed by atoms with van der Waals surface area (Å²) < 4.78 is 6.02. The lowest BCUT2D eigenvalue weighted by molar-refractivity contribution is -0.134. The van der Waals surface area contributed by atoms with E-state index in [0.29, 0.717) is 30.0 Å². The number of aryl methyl sites for hydroxylation is 2. The summed E-state index contributed by atoms with van der Waals surface area (Å²) in [5, 5.41) is 15.6. The third-order valence-corrected chi connectivity index (χ3v) is 5.34. The molecular weight excluding hydrogens is 496 g/mol. The average Bonchev–Trinajstić information content (AvgIpc) is 2.86. The Morgan fingerprint density at radius 3 is 1.95 bits per heavy atom. The number of hydrogen-bond acceptors (Lipinski definition) is 6. The highest BCUT2D eigenvalue weighted by Crippen LogP contribution is 2.29. The van der Waals surface area contributed by atoms with E-state index in [9.17, 15) is 14.4 Å². The lowest BCUT2D eigenvalue weighted by Gasteiger charge is -2.14. The monoisotopic (exact) mass is 530 g/mol. The number of aliphatic carboxylic acids is 2. The van der Waals surface area contributed by atoms with E-state index >= 15 is 0 Å². The average molecular weight is 531 g/mol. The first kappa shape index (κ1) is 30.5. The molecule has 0 aliphatic rings. The summed E-state index contributed by atoms with van der Waals surface area (Å²) in [6, 6.07) is 19.6. The first-order chi connectivity index (χ1) is 18.4. The largest absolute Gasteiger partial charge is 0.492 e. The number of nitrogen functional groups attached to an aromatic ring is 1. The lowest BCUT2D eigenvalue weighted by atomic mass is 9.98. The summed E-state index contributed by atoms with van der Waals surface area (Å²) in [6.07, 6.45) is 4.53. The number of allylic oxidation sites excluding steroid dienone is 1. The number of ether oxygens (including phenoxy) is 1. The molecule has 0 spiro atoms. The molecule has 39 heavy (non-hydrogen) atoms. The number of anilines is 1. The number of nitrogens with two attached hydrogens (primary N) is 1. The molecule has 0 aliphatic heterocycles. The summed E-state index contributed by atoms with van der Waals surface area (Å²) in [7, 11) is 4.03. The van der Waals surface area contributed by atoms with Crippen LogP contribution in [0.1, 0.15) is 27.0 Å². The van der Waals surface area contributed by atoms with Gasteiger partial charge in [0.05, 0.1) is 0 Å². The molecule has 0 radical (unpaired) electrons. The lowest BCUT2D eigenvalue weighted by Crippen LogP contribution is -2.19. The minimum Gasteiger partial charge on any atom is -0.492 e. The summed E-state index contributed by atoms with van der Waals surface area (Å²) >= 11 is 0. The molecule has 3 rings (SSSR count). The Hall–Kier alpha value is -4.69. The maximum Gasteiger partial charge on any atom is 0.328 e. The number of likely N-dealkylation sites (N-methyl/N-ethyl adjacent to an activating group) is 1. The van der Waals surface area contributed by atoms with Crippen LogP contribution in [0.3, 0.4) is 0 Å². The number of carbonyl (C=O) groups excluding carboxylic acids is 1. The Kier molecular flexibility index (Phi) is 11.7. The fraction of sp³-hybridized carbons (Fsp3) is 0.194. The van der Waals surface area contributed by atoms with Crippen LogP contribution in [0.15, 0.2) is 78.9 Å². The highest BCUT2D eigenvalue weighted by molar-refractivity contribution is 6.07.